The number of nitrogens with zero attached hydrogens (tertiary/aromatic N) is 1. The largest absolute Gasteiger partial charge is 0.490 e. The van der Waals surface area contributed by atoms with Gasteiger partial charge in [0.2, 0.25) is 5.91 Å². The number of hydrogen-bond donors (Lipinski definition) is 3. The van der Waals surface area contributed by atoms with Crippen LogP contribution < -0.4 is 25.4 Å². The number of alkyl halides is 2. The Kier molecular flexibility index (Phi) is 14.0. The summed E-state index contributed by atoms with van der Waals surface area (Å²) in [6, 6.07) is 4.98. The third-order valence-corrected chi connectivity index (χ3v) is 5.01. The first kappa shape index (κ1) is 28.2. The number of para-hydroxylation sites is 1. The number of carbonyl (C=O) groups excluding carboxylic acids is 1. The average Bonchev–Trinajstić information content (AvgIpc) is 3.24. The van der Waals surface area contributed by atoms with Gasteiger partial charge in [0, 0.05) is 31.6 Å². The molecule has 0 radical (unpaired) electrons. The van der Waals surface area contributed by atoms with Gasteiger partial charge in [-0.2, -0.15) is 8.78 Å². The lowest BCUT2D eigenvalue weighted by atomic mass is 10.0. The molecule has 1 aromatic rings. The third-order valence-electron chi connectivity index (χ3n) is 5.01. The van der Waals surface area contributed by atoms with E-state index in [1.807, 2.05) is 6.92 Å². The smallest absolute Gasteiger partial charge is 0.387 e. The highest BCUT2D eigenvalue weighted by Crippen LogP contribution is 2.33. The molecular formula is C22H35F2IN4O3. The molecule has 32 heavy (non-hydrogen) atoms. The Morgan fingerprint density at radius 2 is 1.88 bits per heavy atom. The van der Waals surface area contributed by atoms with Gasteiger partial charge in [-0.15, -0.1) is 24.0 Å². The average molecular weight is 568 g/mol. The fourth-order valence-electron chi connectivity index (χ4n) is 3.62. The van der Waals surface area contributed by atoms with Crippen LogP contribution in [0.1, 0.15) is 51.5 Å². The van der Waals surface area contributed by atoms with Gasteiger partial charge >= 0.3 is 6.61 Å². The summed E-state index contributed by atoms with van der Waals surface area (Å²) < 4.78 is 35.8. The van der Waals surface area contributed by atoms with Crippen molar-refractivity contribution in [1.82, 2.24) is 16.0 Å². The number of ether oxygens (including phenoxy) is 2. The first-order valence-corrected chi connectivity index (χ1v) is 11.0. The maximum absolute atomic E-state index is 12.9. The van der Waals surface area contributed by atoms with Crippen molar-refractivity contribution in [2.75, 3.05) is 26.2 Å². The van der Waals surface area contributed by atoms with E-state index in [2.05, 4.69) is 25.7 Å². The van der Waals surface area contributed by atoms with Crippen LogP contribution in [0, 0.1) is 5.92 Å². The highest BCUT2D eigenvalue weighted by molar-refractivity contribution is 14.0. The topological polar surface area (TPSA) is 84.0 Å². The van der Waals surface area contributed by atoms with Crippen LogP contribution in [0.2, 0.25) is 0 Å². The minimum absolute atomic E-state index is 0. The number of hydrogen-bond acceptors (Lipinski definition) is 4. The van der Waals surface area contributed by atoms with Crippen molar-refractivity contribution in [3.63, 3.8) is 0 Å². The lowest BCUT2D eigenvalue weighted by Gasteiger charge is -2.16. The summed E-state index contributed by atoms with van der Waals surface area (Å²) in [6.45, 7) is 2.84. The van der Waals surface area contributed by atoms with Gasteiger partial charge in [0.05, 0.1) is 13.2 Å². The van der Waals surface area contributed by atoms with Gasteiger partial charge in [-0.25, -0.2) is 4.99 Å². The molecular weight excluding hydrogens is 533 g/mol. The zero-order valence-corrected chi connectivity index (χ0v) is 21.1. The van der Waals surface area contributed by atoms with Gasteiger partial charge < -0.3 is 25.4 Å². The second-order valence-corrected chi connectivity index (χ2v) is 7.38. The third kappa shape index (κ3) is 10.2. The Bertz CT molecular complexity index is 716. The Morgan fingerprint density at radius 3 is 2.53 bits per heavy atom. The Balaban J connectivity index is 0.00000512. The van der Waals surface area contributed by atoms with Gasteiger partial charge in [-0.3, -0.25) is 4.79 Å². The second-order valence-electron chi connectivity index (χ2n) is 7.38. The molecule has 1 saturated carbocycles. The molecule has 0 atom stereocenters. The van der Waals surface area contributed by atoms with Gasteiger partial charge in [0.1, 0.15) is 0 Å². The number of aliphatic imine (C=N–C) groups is 1. The molecule has 0 spiro atoms. The van der Waals surface area contributed by atoms with Crippen LogP contribution in [0.15, 0.2) is 23.2 Å². The maximum Gasteiger partial charge on any atom is 0.387 e. The van der Waals surface area contributed by atoms with Crippen LogP contribution in [0.25, 0.3) is 0 Å². The van der Waals surface area contributed by atoms with Crippen LogP contribution in [0.5, 0.6) is 11.5 Å². The number of benzene rings is 1. The van der Waals surface area contributed by atoms with E-state index in [0.717, 1.165) is 12.8 Å². The highest BCUT2D eigenvalue weighted by atomic mass is 127. The lowest BCUT2D eigenvalue weighted by Crippen LogP contribution is -2.41. The summed E-state index contributed by atoms with van der Waals surface area (Å²) in [5, 5.41) is 9.18. The molecule has 3 N–H and O–H groups in total. The summed E-state index contributed by atoms with van der Waals surface area (Å²) >= 11 is 0. The summed E-state index contributed by atoms with van der Waals surface area (Å²) in [5.74, 6) is 1.38. The van der Waals surface area contributed by atoms with E-state index in [1.54, 1.807) is 25.1 Å². The van der Waals surface area contributed by atoms with Crippen LogP contribution in [-0.2, 0) is 11.3 Å². The summed E-state index contributed by atoms with van der Waals surface area (Å²) in [5.41, 5.74) is 0.494. The van der Waals surface area contributed by atoms with Crippen molar-refractivity contribution < 1.29 is 23.0 Å². The standard InChI is InChI=1S/C22H34F2N4O3.HI/c1-3-25-22(27-13-12-26-19(29)14-16-8-5-6-9-16)28-15-17-10-7-11-18(30-4-2)20(17)31-21(23)24;/h7,10-11,16,21H,3-6,8-9,12-15H2,1-2H3,(H,26,29)(H2,25,27,28);1H. The number of carbonyl (C=O) groups is 1. The molecule has 182 valence electrons. The second kappa shape index (κ2) is 15.9. The predicted octanol–water partition coefficient (Wildman–Crippen LogP) is 4.06. The first-order chi connectivity index (χ1) is 15.0. The fourth-order valence-corrected chi connectivity index (χ4v) is 3.62. The molecule has 1 aromatic carbocycles. The van der Waals surface area contributed by atoms with Crippen LogP contribution in [0.4, 0.5) is 8.78 Å². The van der Waals surface area contributed by atoms with Crippen molar-refractivity contribution in [3.8, 4) is 11.5 Å². The Labute approximate surface area is 206 Å². The lowest BCUT2D eigenvalue weighted by molar-refractivity contribution is -0.121. The normalized spacial score (nSPS) is 14.1. The summed E-state index contributed by atoms with van der Waals surface area (Å²) in [6.07, 6.45) is 5.33. The zero-order valence-electron chi connectivity index (χ0n) is 18.8. The van der Waals surface area contributed by atoms with Crippen LogP contribution in [0.3, 0.4) is 0 Å². The van der Waals surface area contributed by atoms with E-state index in [-0.39, 0.29) is 47.9 Å². The van der Waals surface area contributed by atoms with Gasteiger partial charge in [-0.05, 0) is 38.7 Å². The number of nitrogens with one attached hydrogen (secondary N) is 3. The Morgan fingerprint density at radius 1 is 1.16 bits per heavy atom. The molecule has 0 heterocycles. The summed E-state index contributed by atoms with van der Waals surface area (Å²) in [4.78, 5) is 16.5. The van der Waals surface area contributed by atoms with E-state index >= 15 is 0 Å². The molecule has 0 bridgehead atoms. The van der Waals surface area contributed by atoms with E-state index in [0.29, 0.717) is 50.1 Å². The molecule has 1 aliphatic carbocycles. The minimum Gasteiger partial charge on any atom is -0.490 e. The van der Waals surface area contributed by atoms with Gasteiger partial charge in [0.25, 0.3) is 0 Å². The van der Waals surface area contributed by atoms with Crippen molar-refractivity contribution in [2.45, 2.75) is 59.1 Å². The monoisotopic (exact) mass is 568 g/mol. The maximum atomic E-state index is 12.9. The molecule has 1 amide bonds. The fraction of sp³-hybridized carbons (Fsp3) is 0.636. The number of amides is 1. The molecule has 1 aliphatic rings. The van der Waals surface area contributed by atoms with E-state index in [1.165, 1.54) is 12.8 Å². The van der Waals surface area contributed by atoms with E-state index < -0.39 is 6.61 Å². The molecule has 10 heteroatoms. The Hall–Kier alpha value is -1.85. The predicted molar refractivity (Wildman–Crippen MR) is 132 cm³/mol. The molecule has 2 rings (SSSR count). The number of halogens is 3. The molecule has 0 aliphatic heterocycles. The van der Waals surface area contributed by atoms with E-state index in [9.17, 15) is 13.6 Å². The zero-order chi connectivity index (χ0) is 22.5. The van der Waals surface area contributed by atoms with Crippen molar-refractivity contribution >= 4 is 35.8 Å². The first-order valence-electron chi connectivity index (χ1n) is 11.0. The molecule has 1 fully saturated rings. The quantitative estimate of drug-likeness (QED) is 0.153. The van der Waals surface area contributed by atoms with Crippen molar-refractivity contribution in [3.05, 3.63) is 23.8 Å². The minimum atomic E-state index is -2.96. The van der Waals surface area contributed by atoms with Gasteiger partial charge in [-0.1, -0.05) is 25.0 Å². The van der Waals surface area contributed by atoms with Crippen LogP contribution in [-0.4, -0.2) is 44.7 Å². The van der Waals surface area contributed by atoms with Crippen molar-refractivity contribution in [2.24, 2.45) is 10.9 Å². The van der Waals surface area contributed by atoms with Crippen LogP contribution >= 0.6 is 24.0 Å². The molecule has 0 unspecified atom stereocenters. The summed E-state index contributed by atoms with van der Waals surface area (Å²) in [7, 11) is 0. The number of rotatable bonds is 12. The number of guanidine groups is 1. The molecule has 0 aromatic heterocycles. The SMILES string of the molecule is CCNC(=NCc1cccc(OCC)c1OC(F)F)NCCNC(=O)CC1CCCC1.I. The van der Waals surface area contributed by atoms with E-state index in [4.69, 9.17) is 4.74 Å². The van der Waals surface area contributed by atoms with Crippen molar-refractivity contribution in [1.29, 1.82) is 0 Å². The van der Waals surface area contributed by atoms with Gasteiger partial charge in [0.15, 0.2) is 17.5 Å². The molecule has 7 nitrogen and oxygen atoms in total. The molecule has 0 saturated heterocycles. The highest BCUT2D eigenvalue weighted by Gasteiger charge is 2.18.